The van der Waals surface area contributed by atoms with E-state index in [1.807, 2.05) is 24.3 Å². The zero-order valence-corrected chi connectivity index (χ0v) is 15.1. The fourth-order valence-corrected chi connectivity index (χ4v) is 3.88. The average Bonchev–Trinajstić information content (AvgIpc) is 2.81. The van der Waals surface area contributed by atoms with Gasteiger partial charge in [-0.1, -0.05) is 15.9 Å². The monoisotopic (exact) mass is 380 g/mol. The second kappa shape index (κ2) is 8.15. The van der Waals surface area contributed by atoms with Crippen molar-refractivity contribution in [3.05, 3.63) is 28.7 Å². The topological polar surface area (TPSA) is 41.6 Å². The highest BCUT2D eigenvalue weighted by Crippen LogP contribution is 2.28. The van der Waals surface area contributed by atoms with Crippen LogP contribution in [-0.2, 0) is 4.79 Å². The number of amides is 1. The van der Waals surface area contributed by atoms with Crippen molar-refractivity contribution < 1.29 is 9.53 Å². The van der Waals surface area contributed by atoms with Gasteiger partial charge in [-0.3, -0.25) is 4.79 Å². The van der Waals surface area contributed by atoms with Gasteiger partial charge in [0.2, 0.25) is 5.91 Å². The largest absolute Gasteiger partial charge is 0.494 e. The molecule has 1 N–H and O–H groups in total. The van der Waals surface area contributed by atoms with Gasteiger partial charge < -0.3 is 15.0 Å². The first-order valence-corrected chi connectivity index (χ1v) is 9.43. The van der Waals surface area contributed by atoms with E-state index in [2.05, 4.69) is 26.1 Å². The minimum atomic E-state index is 0.338. The first-order valence-electron chi connectivity index (χ1n) is 8.64. The van der Waals surface area contributed by atoms with Crippen LogP contribution in [0.1, 0.15) is 38.5 Å². The van der Waals surface area contributed by atoms with Crippen molar-refractivity contribution in [2.45, 2.75) is 50.6 Å². The van der Waals surface area contributed by atoms with E-state index in [1.54, 1.807) is 0 Å². The Morgan fingerprint density at radius 3 is 2.78 bits per heavy atom. The summed E-state index contributed by atoms with van der Waals surface area (Å²) in [4.78, 5) is 14.7. The van der Waals surface area contributed by atoms with Gasteiger partial charge in [0.05, 0.1) is 6.61 Å². The van der Waals surface area contributed by atoms with Crippen molar-refractivity contribution in [3.63, 3.8) is 0 Å². The predicted octanol–water partition coefficient (Wildman–Crippen LogP) is 3.35. The molecule has 23 heavy (non-hydrogen) atoms. The highest BCUT2D eigenvalue weighted by molar-refractivity contribution is 9.10. The number of unbranched alkanes of at least 4 members (excludes halogenated alkanes) is 1. The third-order valence-electron chi connectivity index (χ3n) is 4.81. The smallest absolute Gasteiger partial charge is 0.223 e. The SMILES string of the molecule is O=C(CCCCOc1ccc(Br)cc1)N1C2CCNCC1CC2. The molecule has 2 heterocycles. The van der Waals surface area contributed by atoms with E-state index in [1.165, 1.54) is 6.42 Å². The summed E-state index contributed by atoms with van der Waals surface area (Å²) < 4.78 is 6.76. The molecule has 126 valence electrons. The Bertz CT molecular complexity index is 506. The molecular weight excluding hydrogens is 356 g/mol. The van der Waals surface area contributed by atoms with Crippen LogP contribution in [0.3, 0.4) is 0 Å². The summed E-state index contributed by atoms with van der Waals surface area (Å²) in [6.07, 6.45) is 5.93. The molecule has 0 saturated carbocycles. The second-order valence-electron chi connectivity index (χ2n) is 6.44. The third kappa shape index (κ3) is 4.48. The quantitative estimate of drug-likeness (QED) is 0.769. The number of nitrogens with one attached hydrogen (secondary N) is 1. The van der Waals surface area contributed by atoms with Crippen molar-refractivity contribution in [1.29, 1.82) is 0 Å². The van der Waals surface area contributed by atoms with Gasteiger partial charge in [0, 0.05) is 29.5 Å². The summed E-state index contributed by atoms with van der Waals surface area (Å²) in [7, 11) is 0. The van der Waals surface area contributed by atoms with Crippen molar-refractivity contribution in [1.82, 2.24) is 10.2 Å². The summed E-state index contributed by atoms with van der Waals surface area (Å²) in [6, 6.07) is 8.76. The number of fused-ring (bicyclic) bond motifs is 2. The maximum atomic E-state index is 12.5. The lowest BCUT2D eigenvalue weighted by atomic mass is 10.1. The van der Waals surface area contributed by atoms with Crippen molar-refractivity contribution in [2.75, 3.05) is 19.7 Å². The molecule has 5 heteroatoms. The lowest BCUT2D eigenvalue weighted by Crippen LogP contribution is -2.42. The van der Waals surface area contributed by atoms with Crippen molar-refractivity contribution in [3.8, 4) is 5.75 Å². The average molecular weight is 381 g/mol. The summed E-state index contributed by atoms with van der Waals surface area (Å²) >= 11 is 3.41. The van der Waals surface area contributed by atoms with E-state index in [-0.39, 0.29) is 0 Å². The Kier molecular flexibility index (Phi) is 5.95. The van der Waals surface area contributed by atoms with Crippen LogP contribution in [0.5, 0.6) is 5.75 Å². The first kappa shape index (κ1) is 16.8. The van der Waals surface area contributed by atoms with E-state index in [4.69, 9.17) is 4.74 Å². The zero-order valence-electron chi connectivity index (χ0n) is 13.5. The highest BCUT2D eigenvalue weighted by atomic mass is 79.9. The molecule has 1 amide bonds. The van der Waals surface area contributed by atoms with E-state index in [0.29, 0.717) is 31.0 Å². The Morgan fingerprint density at radius 1 is 1.17 bits per heavy atom. The lowest BCUT2D eigenvalue weighted by molar-refractivity contribution is -0.133. The van der Waals surface area contributed by atoms with Gasteiger partial charge in [-0.15, -0.1) is 0 Å². The molecule has 2 unspecified atom stereocenters. The number of hydrogen-bond donors (Lipinski definition) is 1. The van der Waals surface area contributed by atoms with E-state index < -0.39 is 0 Å². The van der Waals surface area contributed by atoms with Gasteiger partial charge in [-0.25, -0.2) is 0 Å². The maximum absolute atomic E-state index is 12.5. The highest BCUT2D eigenvalue weighted by Gasteiger charge is 2.37. The van der Waals surface area contributed by atoms with Crippen LogP contribution in [-0.4, -0.2) is 42.6 Å². The van der Waals surface area contributed by atoms with Crippen LogP contribution in [0.25, 0.3) is 0 Å². The number of carbonyl (C=O) groups excluding carboxylic acids is 1. The predicted molar refractivity (Wildman–Crippen MR) is 94.6 cm³/mol. The van der Waals surface area contributed by atoms with Gasteiger partial charge in [0.1, 0.15) is 5.75 Å². The molecule has 2 fully saturated rings. The molecule has 0 radical (unpaired) electrons. The molecule has 2 aliphatic rings. The van der Waals surface area contributed by atoms with Gasteiger partial charge in [0.15, 0.2) is 0 Å². The molecular formula is C18H25BrN2O2. The number of halogens is 1. The third-order valence-corrected chi connectivity index (χ3v) is 5.34. The number of rotatable bonds is 6. The molecule has 0 spiro atoms. The van der Waals surface area contributed by atoms with E-state index >= 15 is 0 Å². The van der Waals surface area contributed by atoms with Crippen LogP contribution in [0.2, 0.25) is 0 Å². The molecule has 0 aliphatic carbocycles. The van der Waals surface area contributed by atoms with Gasteiger partial charge in [0.25, 0.3) is 0 Å². The standard InChI is InChI=1S/C18H25BrN2O2/c19-14-4-8-17(9-5-14)23-12-2-1-3-18(22)21-15-6-7-16(21)13-20-11-10-15/h4-5,8-9,15-16,20H,1-3,6-7,10-13H2. The molecule has 1 aromatic rings. The summed E-state index contributed by atoms with van der Waals surface area (Å²) in [6.45, 7) is 2.68. The molecule has 2 bridgehead atoms. The van der Waals surface area contributed by atoms with Crippen LogP contribution in [0, 0.1) is 0 Å². The lowest BCUT2D eigenvalue weighted by Gasteiger charge is -2.28. The van der Waals surface area contributed by atoms with E-state index in [9.17, 15) is 4.79 Å². The Balaban J connectivity index is 1.37. The summed E-state index contributed by atoms with van der Waals surface area (Å²) in [5.41, 5.74) is 0. The van der Waals surface area contributed by atoms with E-state index in [0.717, 1.165) is 49.0 Å². The zero-order chi connectivity index (χ0) is 16.1. The number of nitrogens with zero attached hydrogens (tertiary/aromatic N) is 1. The normalized spacial score (nSPS) is 23.6. The minimum absolute atomic E-state index is 0.338. The Labute approximate surface area is 146 Å². The fourth-order valence-electron chi connectivity index (χ4n) is 3.62. The minimum Gasteiger partial charge on any atom is -0.494 e. The number of hydrogen-bond acceptors (Lipinski definition) is 3. The molecule has 3 rings (SSSR count). The molecule has 0 aromatic heterocycles. The van der Waals surface area contributed by atoms with Gasteiger partial charge >= 0.3 is 0 Å². The van der Waals surface area contributed by atoms with Crippen LogP contribution >= 0.6 is 15.9 Å². The van der Waals surface area contributed by atoms with Gasteiger partial charge in [-0.2, -0.15) is 0 Å². The molecule has 2 aliphatic heterocycles. The number of carbonyl (C=O) groups is 1. The van der Waals surface area contributed by atoms with Crippen LogP contribution in [0.4, 0.5) is 0 Å². The first-order chi connectivity index (χ1) is 11.2. The number of benzene rings is 1. The Hall–Kier alpha value is -1.07. The maximum Gasteiger partial charge on any atom is 0.223 e. The molecule has 1 aromatic carbocycles. The molecule has 2 atom stereocenters. The van der Waals surface area contributed by atoms with Gasteiger partial charge in [-0.05, 0) is 62.9 Å². The van der Waals surface area contributed by atoms with Crippen molar-refractivity contribution >= 4 is 21.8 Å². The van der Waals surface area contributed by atoms with Crippen molar-refractivity contribution in [2.24, 2.45) is 0 Å². The summed E-state index contributed by atoms with van der Waals surface area (Å²) in [5.74, 6) is 1.22. The van der Waals surface area contributed by atoms with Crippen LogP contribution in [0.15, 0.2) is 28.7 Å². The number of ether oxygens (including phenoxy) is 1. The fraction of sp³-hybridized carbons (Fsp3) is 0.611. The molecule has 2 saturated heterocycles. The van der Waals surface area contributed by atoms with Crippen LogP contribution < -0.4 is 10.1 Å². The molecule has 4 nitrogen and oxygen atoms in total. The Morgan fingerprint density at radius 2 is 1.96 bits per heavy atom. The second-order valence-corrected chi connectivity index (χ2v) is 7.35. The summed E-state index contributed by atoms with van der Waals surface area (Å²) in [5, 5.41) is 3.44.